The Kier molecular flexibility index (Phi) is 7.32. The van der Waals surface area contributed by atoms with Gasteiger partial charge in [-0.05, 0) is 29.2 Å². The molecule has 0 saturated carbocycles. The third kappa shape index (κ3) is 5.28. The molecule has 1 atom stereocenters. The van der Waals surface area contributed by atoms with Crippen LogP contribution in [0, 0.1) is 11.6 Å². The van der Waals surface area contributed by atoms with Crippen molar-refractivity contribution in [2.75, 3.05) is 6.54 Å². The smallest absolute Gasteiger partial charge is 0.251 e. The van der Waals surface area contributed by atoms with Crippen molar-refractivity contribution in [3.05, 3.63) is 70.8 Å². The third-order valence-corrected chi connectivity index (χ3v) is 3.64. The first-order valence-electron chi connectivity index (χ1n) is 7.46. The molecule has 2 aromatic carbocycles. The summed E-state index contributed by atoms with van der Waals surface area (Å²) in [4.78, 5) is 11.9. The van der Waals surface area contributed by atoms with Crippen LogP contribution in [-0.4, -0.2) is 12.5 Å². The first kappa shape index (κ1) is 20.1. The molecule has 0 radical (unpaired) electrons. The summed E-state index contributed by atoms with van der Waals surface area (Å²) in [6, 6.07) is 10.2. The molecule has 0 aliphatic rings. The number of amides is 1. The highest BCUT2D eigenvalue weighted by Gasteiger charge is 2.12. The summed E-state index contributed by atoms with van der Waals surface area (Å²) >= 11 is 0. The van der Waals surface area contributed by atoms with Gasteiger partial charge >= 0.3 is 0 Å². The minimum Gasteiger partial charge on any atom is -0.350 e. The molecular formula is C18H21ClF2N2O. The summed E-state index contributed by atoms with van der Waals surface area (Å²) in [5, 5.41) is 2.59. The van der Waals surface area contributed by atoms with Gasteiger partial charge in [0.15, 0.2) is 0 Å². The lowest BCUT2D eigenvalue weighted by atomic mass is 9.99. The largest absolute Gasteiger partial charge is 0.350 e. The van der Waals surface area contributed by atoms with E-state index in [4.69, 9.17) is 5.73 Å². The molecule has 0 aliphatic carbocycles. The highest BCUT2D eigenvalue weighted by atomic mass is 35.5. The van der Waals surface area contributed by atoms with Crippen LogP contribution in [0.1, 0.15) is 47.3 Å². The summed E-state index contributed by atoms with van der Waals surface area (Å²) in [7, 11) is 0. The first-order chi connectivity index (χ1) is 10.9. The molecule has 1 amide bonds. The van der Waals surface area contributed by atoms with Crippen LogP contribution in [0.3, 0.4) is 0 Å². The predicted molar refractivity (Wildman–Crippen MR) is 93.4 cm³/mol. The molecule has 6 heteroatoms. The summed E-state index contributed by atoms with van der Waals surface area (Å²) in [5.74, 6) is -1.70. The maximum absolute atomic E-state index is 13.1. The van der Waals surface area contributed by atoms with E-state index in [0.717, 1.165) is 23.8 Å². The van der Waals surface area contributed by atoms with Gasteiger partial charge in [0.25, 0.3) is 5.91 Å². The predicted octanol–water partition coefficient (Wildman–Crippen LogP) is 3.94. The van der Waals surface area contributed by atoms with Crippen LogP contribution in [0.2, 0.25) is 0 Å². The average molecular weight is 355 g/mol. The zero-order valence-electron chi connectivity index (χ0n) is 13.6. The van der Waals surface area contributed by atoms with Crippen molar-refractivity contribution in [1.82, 2.24) is 5.32 Å². The van der Waals surface area contributed by atoms with Gasteiger partial charge in [-0.15, -0.1) is 12.4 Å². The topological polar surface area (TPSA) is 55.1 Å². The van der Waals surface area contributed by atoms with E-state index in [9.17, 15) is 13.6 Å². The Labute approximate surface area is 146 Å². The lowest BCUT2D eigenvalue weighted by molar-refractivity contribution is 0.0950. The van der Waals surface area contributed by atoms with Crippen LogP contribution in [0.25, 0.3) is 0 Å². The van der Waals surface area contributed by atoms with E-state index in [-0.39, 0.29) is 24.5 Å². The van der Waals surface area contributed by atoms with Crippen LogP contribution in [0.4, 0.5) is 8.78 Å². The fraction of sp³-hybridized carbons (Fsp3) is 0.278. The van der Waals surface area contributed by atoms with Crippen molar-refractivity contribution in [3.63, 3.8) is 0 Å². The van der Waals surface area contributed by atoms with Crippen LogP contribution >= 0.6 is 12.4 Å². The van der Waals surface area contributed by atoms with Gasteiger partial charge in [0.2, 0.25) is 0 Å². The molecule has 2 aromatic rings. The van der Waals surface area contributed by atoms with E-state index in [1.807, 2.05) is 24.3 Å². The van der Waals surface area contributed by atoms with Gasteiger partial charge in [0.05, 0.1) is 0 Å². The molecule has 0 fully saturated rings. The summed E-state index contributed by atoms with van der Waals surface area (Å²) in [6.07, 6.45) is 0. The number of carbonyl (C=O) groups excluding carboxylic acids is 1. The quantitative estimate of drug-likeness (QED) is 0.854. The molecule has 0 aliphatic heterocycles. The molecule has 2 rings (SSSR count). The standard InChI is InChI=1S/C18H20F2N2O.ClH/c1-11(2)12-3-5-13(6-4-12)17(21)10-22-18(23)14-7-15(19)9-16(20)8-14;/h3-9,11,17H,10,21H2,1-2H3,(H,22,23);1H. The Bertz CT molecular complexity index is 670. The fourth-order valence-electron chi connectivity index (χ4n) is 2.24. The Morgan fingerprint density at radius 1 is 1.04 bits per heavy atom. The van der Waals surface area contributed by atoms with Gasteiger partial charge in [0.1, 0.15) is 11.6 Å². The maximum atomic E-state index is 13.1. The van der Waals surface area contributed by atoms with E-state index in [2.05, 4.69) is 19.2 Å². The van der Waals surface area contributed by atoms with Crippen LogP contribution in [0.15, 0.2) is 42.5 Å². The molecule has 1 unspecified atom stereocenters. The number of benzene rings is 2. The number of halogens is 3. The molecule has 0 spiro atoms. The monoisotopic (exact) mass is 354 g/mol. The Hall–Kier alpha value is -1.98. The molecule has 0 heterocycles. The van der Waals surface area contributed by atoms with Crippen LogP contribution in [-0.2, 0) is 0 Å². The highest BCUT2D eigenvalue weighted by Crippen LogP contribution is 2.17. The van der Waals surface area contributed by atoms with Gasteiger partial charge < -0.3 is 11.1 Å². The molecule has 3 N–H and O–H groups in total. The van der Waals surface area contributed by atoms with Crippen molar-refractivity contribution in [1.29, 1.82) is 0 Å². The zero-order valence-corrected chi connectivity index (χ0v) is 14.4. The van der Waals surface area contributed by atoms with Gasteiger partial charge in [0, 0.05) is 24.2 Å². The van der Waals surface area contributed by atoms with Crippen molar-refractivity contribution < 1.29 is 13.6 Å². The molecule has 0 saturated heterocycles. The number of carbonyl (C=O) groups is 1. The number of rotatable bonds is 5. The van der Waals surface area contributed by atoms with E-state index >= 15 is 0 Å². The fourth-order valence-corrected chi connectivity index (χ4v) is 2.24. The minimum atomic E-state index is -0.788. The Morgan fingerprint density at radius 3 is 2.04 bits per heavy atom. The van der Waals surface area contributed by atoms with Gasteiger partial charge in [-0.3, -0.25) is 4.79 Å². The summed E-state index contributed by atoms with van der Waals surface area (Å²) < 4.78 is 26.2. The molecule has 0 aromatic heterocycles. The van der Waals surface area contributed by atoms with Crippen LogP contribution in [0.5, 0.6) is 0 Å². The number of nitrogens with two attached hydrogens (primary N) is 1. The van der Waals surface area contributed by atoms with Crippen LogP contribution < -0.4 is 11.1 Å². The second kappa shape index (κ2) is 8.76. The van der Waals surface area contributed by atoms with E-state index in [1.165, 1.54) is 5.56 Å². The summed E-state index contributed by atoms with van der Waals surface area (Å²) in [6.45, 7) is 4.39. The van der Waals surface area contributed by atoms with Crippen molar-refractivity contribution in [2.24, 2.45) is 5.73 Å². The van der Waals surface area contributed by atoms with Gasteiger partial charge in [-0.25, -0.2) is 8.78 Å². The molecule has 3 nitrogen and oxygen atoms in total. The van der Waals surface area contributed by atoms with E-state index in [0.29, 0.717) is 5.92 Å². The normalized spacial score (nSPS) is 11.8. The lowest BCUT2D eigenvalue weighted by Gasteiger charge is -2.14. The second-order valence-corrected chi connectivity index (χ2v) is 5.80. The average Bonchev–Trinajstić information content (AvgIpc) is 2.51. The Balaban J connectivity index is 0.00000288. The number of hydrogen-bond acceptors (Lipinski definition) is 2. The molecule has 130 valence electrons. The highest BCUT2D eigenvalue weighted by molar-refractivity contribution is 5.94. The second-order valence-electron chi connectivity index (χ2n) is 5.80. The summed E-state index contributed by atoms with van der Waals surface area (Å²) in [5.41, 5.74) is 8.08. The Morgan fingerprint density at radius 2 is 1.54 bits per heavy atom. The number of nitrogens with one attached hydrogen (secondary N) is 1. The SMILES string of the molecule is CC(C)c1ccc(C(N)CNC(=O)c2cc(F)cc(F)c2)cc1.Cl. The van der Waals surface area contributed by atoms with E-state index in [1.54, 1.807) is 0 Å². The van der Waals surface area contributed by atoms with Gasteiger partial charge in [-0.1, -0.05) is 38.1 Å². The van der Waals surface area contributed by atoms with Crippen molar-refractivity contribution >= 4 is 18.3 Å². The number of hydrogen-bond donors (Lipinski definition) is 2. The molecule has 0 bridgehead atoms. The van der Waals surface area contributed by atoms with Crippen molar-refractivity contribution in [3.8, 4) is 0 Å². The molecule has 24 heavy (non-hydrogen) atoms. The van der Waals surface area contributed by atoms with Gasteiger partial charge in [-0.2, -0.15) is 0 Å². The third-order valence-electron chi connectivity index (χ3n) is 3.64. The maximum Gasteiger partial charge on any atom is 0.251 e. The van der Waals surface area contributed by atoms with Crippen molar-refractivity contribution in [2.45, 2.75) is 25.8 Å². The molecular weight excluding hydrogens is 334 g/mol. The van der Waals surface area contributed by atoms with E-state index < -0.39 is 23.6 Å². The zero-order chi connectivity index (χ0) is 17.0. The lowest BCUT2D eigenvalue weighted by Crippen LogP contribution is -2.32. The first-order valence-corrected chi connectivity index (χ1v) is 7.46. The minimum absolute atomic E-state index is 0.